The first-order valence-electron chi connectivity index (χ1n) is 11.6. The Balaban J connectivity index is 0. The molecule has 0 aliphatic rings. The van der Waals surface area contributed by atoms with E-state index >= 15 is 0 Å². The van der Waals surface area contributed by atoms with E-state index in [2.05, 4.69) is 17.2 Å². The van der Waals surface area contributed by atoms with Crippen LogP contribution in [0, 0.1) is 0 Å². The van der Waals surface area contributed by atoms with Crippen LogP contribution < -0.4 is 16.8 Å². The topological polar surface area (TPSA) is 177 Å². The van der Waals surface area contributed by atoms with Gasteiger partial charge in [0.15, 0.2) is 5.96 Å². The van der Waals surface area contributed by atoms with Crippen molar-refractivity contribution in [3.05, 3.63) is 0 Å². The van der Waals surface area contributed by atoms with E-state index in [4.69, 9.17) is 31.2 Å². The number of aliphatic imine (C=N–C) groups is 1. The number of unbranched alkanes of at least 4 members (excludes halogenated alkanes) is 8. The van der Waals surface area contributed by atoms with Crippen LogP contribution in [-0.2, 0) is 19.1 Å². The van der Waals surface area contributed by atoms with Crippen molar-refractivity contribution in [2.24, 2.45) is 16.5 Å². The molecular weight excluding hydrogens is 416 g/mol. The lowest BCUT2D eigenvalue weighted by molar-refractivity contribution is -0.147. The van der Waals surface area contributed by atoms with Gasteiger partial charge in [0.05, 0.1) is 6.61 Å². The number of carboxylic acid groups (broad SMARTS) is 1. The molecule has 10 heteroatoms. The number of amides is 1. The fourth-order valence-corrected chi connectivity index (χ4v) is 2.86. The molecule has 0 radical (unpaired) electrons. The number of esters is 1. The minimum Gasteiger partial charge on any atom is -0.480 e. The molecule has 1 amide bonds. The number of aliphatic hydroxyl groups is 1. The van der Waals surface area contributed by atoms with Crippen LogP contribution in [0.15, 0.2) is 4.99 Å². The first-order chi connectivity index (χ1) is 15.3. The first-order valence-corrected chi connectivity index (χ1v) is 11.6. The monoisotopic (exact) mass is 460 g/mol. The van der Waals surface area contributed by atoms with Gasteiger partial charge in [-0.2, -0.15) is 0 Å². The third kappa shape index (κ3) is 23.9. The number of carbonyl (C=O) groups excluding carboxylic acids is 2. The molecule has 10 nitrogen and oxygen atoms in total. The highest BCUT2D eigenvalue weighted by Gasteiger charge is 2.21. The molecule has 0 aromatic carbocycles. The molecule has 0 aromatic heterocycles. The van der Waals surface area contributed by atoms with Crippen LogP contribution in [0.3, 0.4) is 0 Å². The van der Waals surface area contributed by atoms with E-state index in [1.54, 1.807) is 6.92 Å². The predicted octanol–water partition coefficient (Wildman–Crippen LogP) is 2.07. The molecular formula is C22H44N4O6. The van der Waals surface area contributed by atoms with Crippen LogP contribution in [0.1, 0.15) is 90.9 Å². The number of aliphatic carboxylic acids is 1. The Morgan fingerprint density at radius 3 is 1.94 bits per heavy atom. The van der Waals surface area contributed by atoms with Gasteiger partial charge in [0.25, 0.3) is 0 Å². The van der Waals surface area contributed by atoms with Gasteiger partial charge in [-0.25, -0.2) is 9.59 Å². The lowest BCUT2D eigenvalue weighted by atomic mass is 10.1. The highest BCUT2D eigenvalue weighted by molar-refractivity contribution is 5.84. The standard InChI is InChI=1S/C20H40N4O3.C2H4O3/c1-3-5-6-7-8-9-10-11-12-15-18(25)24-17(19(26)27-4-2)14-13-16-23-20(21)22;3-1-2(4)5/h17H,3-16H2,1-2H3,(H,24,25)(H4,21,22,23);3H,1H2,(H,4,5)/t17-;/m0./s1. The third-order valence-electron chi connectivity index (χ3n) is 4.49. The predicted molar refractivity (Wildman–Crippen MR) is 125 cm³/mol. The van der Waals surface area contributed by atoms with E-state index in [0.717, 1.165) is 12.8 Å². The number of hydrogen-bond acceptors (Lipinski definition) is 6. The number of carbonyl (C=O) groups is 3. The van der Waals surface area contributed by atoms with Crippen molar-refractivity contribution in [1.82, 2.24) is 5.32 Å². The number of nitrogens with zero attached hydrogens (tertiary/aromatic N) is 1. The van der Waals surface area contributed by atoms with Crippen LogP contribution in [0.5, 0.6) is 0 Å². The lowest BCUT2D eigenvalue weighted by Gasteiger charge is -2.17. The third-order valence-corrected chi connectivity index (χ3v) is 4.49. The van der Waals surface area contributed by atoms with Gasteiger partial charge in [-0.1, -0.05) is 58.3 Å². The number of hydrogen-bond donors (Lipinski definition) is 5. The Labute approximate surface area is 192 Å². The Hall–Kier alpha value is -2.36. The maximum Gasteiger partial charge on any atom is 0.329 e. The second kappa shape index (κ2) is 23.3. The van der Waals surface area contributed by atoms with Crippen LogP contribution in [0.25, 0.3) is 0 Å². The Bertz CT molecular complexity index is 525. The van der Waals surface area contributed by atoms with E-state index in [0.29, 0.717) is 25.8 Å². The van der Waals surface area contributed by atoms with E-state index in [-0.39, 0.29) is 18.5 Å². The Morgan fingerprint density at radius 1 is 0.938 bits per heavy atom. The Kier molecular flexibility index (Phi) is 23.2. The number of aliphatic hydroxyl groups excluding tert-OH is 1. The molecule has 0 saturated heterocycles. The van der Waals surface area contributed by atoms with Crippen LogP contribution in [-0.4, -0.2) is 59.8 Å². The maximum absolute atomic E-state index is 12.1. The second-order valence-corrected chi connectivity index (χ2v) is 7.45. The van der Waals surface area contributed by atoms with Gasteiger partial charge in [0.2, 0.25) is 5.91 Å². The number of ether oxygens (including phenoxy) is 1. The maximum atomic E-state index is 12.1. The SMILES string of the molecule is CCCCCCCCCCCC(=O)N[C@@H](CCCN=C(N)N)C(=O)OCC.O=C(O)CO. The molecule has 0 heterocycles. The second-order valence-electron chi connectivity index (χ2n) is 7.45. The van der Waals surface area contributed by atoms with Gasteiger partial charge >= 0.3 is 11.9 Å². The molecule has 0 aromatic rings. The fraction of sp³-hybridized carbons (Fsp3) is 0.818. The highest BCUT2D eigenvalue weighted by Crippen LogP contribution is 2.11. The summed E-state index contributed by atoms with van der Waals surface area (Å²) in [5.74, 6) is -1.66. The smallest absolute Gasteiger partial charge is 0.329 e. The van der Waals surface area contributed by atoms with Gasteiger partial charge in [-0.15, -0.1) is 0 Å². The summed E-state index contributed by atoms with van der Waals surface area (Å²) in [5, 5.41) is 17.8. The van der Waals surface area contributed by atoms with Crippen molar-refractivity contribution in [2.75, 3.05) is 19.8 Å². The minimum atomic E-state index is -1.19. The summed E-state index contributed by atoms with van der Waals surface area (Å²) in [6.07, 6.45) is 12.3. The zero-order chi connectivity index (χ0) is 24.6. The molecule has 32 heavy (non-hydrogen) atoms. The molecule has 0 bridgehead atoms. The molecule has 0 rings (SSSR count). The van der Waals surface area contributed by atoms with Gasteiger partial charge in [0, 0.05) is 13.0 Å². The lowest BCUT2D eigenvalue weighted by Crippen LogP contribution is -2.42. The van der Waals surface area contributed by atoms with Crippen LogP contribution >= 0.6 is 0 Å². The summed E-state index contributed by atoms with van der Waals surface area (Å²) in [7, 11) is 0. The summed E-state index contributed by atoms with van der Waals surface area (Å²) >= 11 is 0. The average molecular weight is 461 g/mol. The highest BCUT2D eigenvalue weighted by atomic mass is 16.5. The zero-order valence-corrected chi connectivity index (χ0v) is 19.8. The van der Waals surface area contributed by atoms with E-state index in [1.165, 1.54) is 44.9 Å². The van der Waals surface area contributed by atoms with Crippen molar-refractivity contribution < 1.29 is 29.3 Å². The van der Waals surface area contributed by atoms with Crippen LogP contribution in [0.4, 0.5) is 0 Å². The molecule has 0 spiro atoms. The number of rotatable bonds is 18. The molecule has 7 N–H and O–H groups in total. The molecule has 0 saturated carbocycles. The number of nitrogens with one attached hydrogen (secondary N) is 1. The normalized spacial score (nSPS) is 11.0. The molecule has 0 aliphatic heterocycles. The zero-order valence-electron chi connectivity index (χ0n) is 19.8. The van der Waals surface area contributed by atoms with Gasteiger partial charge in [0.1, 0.15) is 12.6 Å². The van der Waals surface area contributed by atoms with Crippen LogP contribution in [0.2, 0.25) is 0 Å². The largest absolute Gasteiger partial charge is 0.480 e. The summed E-state index contributed by atoms with van der Waals surface area (Å²) in [6, 6.07) is -0.634. The first kappa shape index (κ1) is 31.8. The number of nitrogens with two attached hydrogens (primary N) is 2. The molecule has 0 aliphatic carbocycles. The minimum absolute atomic E-state index is 0.0251. The van der Waals surface area contributed by atoms with E-state index < -0.39 is 24.6 Å². The van der Waals surface area contributed by atoms with E-state index in [9.17, 15) is 9.59 Å². The van der Waals surface area contributed by atoms with Gasteiger partial charge < -0.3 is 31.7 Å². The number of carboxylic acids is 1. The molecule has 0 unspecified atom stereocenters. The van der Waals surface area contributed by atoms with Gasteiger partial charge in [-0.3, -0.25) is 9.79 Å². The quantitative estimate of drug-likeness (QED) is 0.0892. The Morgan fingerprint density at radius 2 is 1.47 bits per heavy atom. The van der Waals surface area contributed by atoms with Crippen molar-refractivity contribution in [3.63, 3.8) is 0 Å². The van der Waals surface area contributed by atoms with Crippen molar-refractivity contribution in [1.29, 1.82) is 0 Å². The van der Waals surface area contributed by atoms with Crippen molar-refractivity contribution in [3.8, 4) is 0 Å². The molecule has 0 fully saturated rings. The summed E-state index contributed by atoms with van der Waals surface area (Å²) in [5.41, 5.74) is 10.6. The summed E-state index contributed by atoms with van der Waals surface area (Å²) < 4.78 is 5.04. The fourth-order valence-electron chi connectivity index (χ4n) is 2.86. The summed E-state index contributed by atoms with van der Waals surface area (Å²) in [6.45, 7) is 3.91. The molecule has 1 atom stereocenters. The number of guanidine groups is 1. The van der Waals surface area contributed by atoms with Gasteiger partial charge in [-0.05, 0) is 26.2 Å². The average Bonchev–Trinajstić information content (AvgIpc) is 2.75. The van der Waals surface area contributed by atoms with Crippen molar-refractivity contribution in [2.45, 2.75) is 96.9 Å². The summed E-state index contributed by atoms with van der Waals surface area (Å²) in [4.78, 5) is 37.1. The van der Waals surface area contributed by atoms with Crippen molar-refractivity contribution >= 4 is 23.8 Å². The van der Waals surface area contributed by atoms with E-state index in [1.807, 2.05) is 0 Å². The molecule has 188 valence electrons.